The highest BCUT2D eigenvalue weighted by Crippen LogP contribution is 2.02. The van der Waals surface area contributed by atoms with Crippen LogP contribution in [-0.4, -0.2) is 43.5 Å². The maximum absolute atomic E-state index is 11.6. The molecule has 180 valence electrons. The Kier molecular flexibility index (Phi) is 21.5. The summed E-state index contributed by atoms with van der Waals surface area (Å²) in [5.74, 6) is -1.000. The van der Waals surface area contributed by atoms with Crippen LogP contribution in [0.15, 0.2) is 60.8 Å². The molecule has 0 aromatic carbocycles. The van der Waals surface area contributed by atoms with Gasteiger partial charge < -0.3 is 19.9 Å². The van der Waals surface area contributed by atoms with E-state index in [2.05, 4.69) is 73.0 Å². The number of esters is 2. The van der Waals surface area contributed by atoms with Crippen LogP contribution in [0.3, 0.4) is 0 Å². The van der Waals surface area contributed by atoms with Crippen molar-refractivity contribution in [3.8, 4) is 0 Å². The maximum Gasteiger partial charge on any atom is 0.311 e. The van der Waals surface area contributed by atoms with Crippen LogP contribution in [0.1, 0.15) is 64.7 Å². The lowest BCUT2D eigenvalue weighted by molar-refractivity contribution is -0.168. The van der Waals surface area contributed by atoms with Crippen molar-refractivity contribution in [2.45, 2.75) is 70.8 Å². The number of hydrogen-bond donors (Lipinski definition) is 2. The van der Waals surface area contributed by atoms with E-state index in [9.17, 15) is 14.7 Å². The molecule has 1 unspecified atom stereocenters. The van der Waals surface area contributed by atoms with Gasteiger partial charge >= 0.3 is 11.9 Å². The average molecular weight is 448 g/mol. The summed E-state index contributed by atoms with van der Waals surface area (Å²) >= 11 is 0. The van der Waals surface area contributed by atoms with Gasteiger partial charge in [0.25, 0.3) is 0 Å². The smallest absolute Gasteiger partial charge is 0.311 e. The molecular weight excluding hydrogens is 406 g/mol. The quantitative estimate of drug-likeness (QED) is 0.126. The molecule has 0 spiro atoms. The van der Waals surface area contributed by atoms with E-state index in [4.69, 9.17) is 9.47 Å². The van der Waals surface area contributed by atoms with Crippen molar-refractivity contribution < 1.29 is 24.2 Å². The van der Waals surface area contributed by atoms with Gasteiger partial charge in [0.1, 0.15) is 0 Å². The first-order valence-electron chi connectivity index (χ1n) is 11.5. The minimum Gasteiger partial charge on any atom is -0.428 e. The van der Waals surface area contributed by atoms with Crippen molar-refractivity contribution in [1.82, 2.24) is 5.32 Å². The van der Waals surface area contributed by atoms with E-state index in [1.54, 1.807) is 7.05 Å². The first-order valence-corrected chi connectivity index (χ1v) is 11.5. The van der Waals surface area contributed by atoms with E-state index >= 15 is 0 Å². The second-order valence-corrected chi connectivity index (χ2v) is 7.17. The molecule has 0 bridgehead atoms. The van der Waals surface area contributed by atoms with Gasteiger partial charge in [0.2, 0.25) is 6.79 Å². The Bertz CT molecular complexity index is 620. The summed E-state index contributed by atoms with van der Waals surface area (Å²) < 4.78 is 9.62. The first kappa shape index (κ1) is 29.6. The first-order chi connectivity index (χ1) is 15.6. The van der Waals surface area contributed by atoms with E-state index in [1.807, 2.05) is 0 Å². The summed E-state index contributed by atoms with van der Waals surface area (Å²) in [5, 5.41) is 12.2. The van der Waals surface area contributed by atoms with E-state index < -0.39 is 24.8 Å². The molecule has 0 rings (SSSR count). The number of ether oxygens (including phenoxy) is 2. The van der Waals surface area contributed by atoms with E-state index in [0.717, 1.165) is 38.5 Å². The molecule has 0 fully saturated rings. The number of aliphatic hydroxyl groups excluding tert-OH is 1. The standard InChI is InChI=1S/C26H41NO5/c1-3-4-5-6-7-8-9-10-11-12-13-14-15-16-17-18-19-20-25(29)31-23-32-26(30)21-24(28)22-27-2/h4-5,7-8,10-11,13-14,16-17,24,27-28H,3,6,9,12,15,18-23H2,1-2H3/b5-4-,8-7-,11-10-,14-13-,17-16-. The lowest BCUT2D eigenvalue weighted by Crippen LogP contribution is -2.27. The van der Waals surface area contributed by atoms with Crippen molar-refractivity contribution in [2.75, 3.05) is 20.4 Å². The summed E-state index contributed by atoms with van der Waals surface area (Å²) in [6.45, 7) is 2.02. The summed E-state index contributed by atoms with van der Waals surface area (Å²) in [4.78, 5) is 23.0. The number of unbranched alkanes of at least 4 members (excludes halogenated alkanes) is 1. The zero-order valence-electron chi connectivity index (χ0n) is 19.7. The van der Waals surface area contributed by atoms with E-state index in [1.165, 1.54) is 0 Å². The molecule has 0 saturated carbocycles. The monoisotopic (exact) mass is 447 g/mol. The summed E-state index contributed by atoms with van der Waals surface area (Å²) in [7, 11) is 1.68. The fourth-order valence-electron chi connectivity index (χ4n) is 2.53. The molecule has 0 amide bonds. The van der Waals surface area contributed by atoms with Crippen LogP contribution in [0.5, 0.6) is 0 Å². The van der Waals surface area contributed by atoms with Gasteiger partial charge in [0.05, 0.1) is 12.5 Å². The number of nitrogens with one attached hydrogen (secondary N) is 1. The van der Waals surface area contributed by atoms with Crippen LogP contribution in [0.25, 0.3) is 0 Å². The molecule has 0 aliphatic heterocycles. The predicted octanol–water partition coefficient (Wildman–Crippen LogP) is 4.92. The molecule has 32 heavy (non-hydrogen) atoms. The zero-order valence-corrected chi connectivity index (χ0v) is 19.7. The fourth-order valence-corrected chi connectivity index (χ4v) is 2.53. The van der Waals surface area contributed by atoms with Gasteiger partial charge in [-0.25, -0.2) is 0 Å². The van der Waals surface area contributed by atoms with Crippen molar-refractivity contribution in [1.29, 1.82) is 0 Å². The van der Waals surface area contributed by atoms with Gasteiger partial charge in [0, 0.05) is 13.0 Å². The van der Waals surface area contributed by atoms with Gasteiger partial charge in [-0.15, -0.1) is 0 Å². The molecule has 0 aromatic rings. The van der Waals surface area contributed by atoms with Crippen molar-refractivity contribution in [3.63, 3.8) is 0 Å². The Morgan fingerprint density at radius 1 is 0.812 bits per heavy atom. The van der Waals surface area contributed by atoms with E-state index in [0.29, 0.717) is 13.0 Å². The topological polar surface area (TPSA) is 84.9 Å². The number of carbonyl (C=O) groups is 2. The van der Waals surface area contributed by atoms with Crippen LogP contribution in [0.4, 0.5) is 0 Å². The van der Waals surface area contributed by atoms with Gasteiger partial charge in [-0.2, -0.15) is 0 Å². The number of rotatable bonds is 19. The number of hydrogen-bond acceptors (Lipinski definition) is 6. The van der Waals surface area contributed by atoms with Crippen LogP contribution in [0, 0.1) is 0 Å². The number of carbonyl (C=O) groups excluding carboxylic acids is 2. The third-order valence-corrected chi connectivity index (χ3v) is 4.19. The van der Waals surface area contributed by atoms with Gasteiger partial charge in [0.15, 0.2) is 0 Å². The molecular formula is C26H41NO5. The SMILES string of the molecule is CC/C=C\C/C=C\C/C=C\C/C=C\C/C=C\CCCC(=O)OCOC(=O)CC(O)CNC. The van der Waals surface area contributed by atoms with Crippen LogP contribution >= 0.6 is 0 Å². The predicted molar refractivity (Wildman–Crippen MR) is 130 cm³/mol. The molecule has 0 heterocycles. The number of aliphatic hydroxyl groups is 1. The molecule has 0 aliphatic carbocycles. The van der Waals surface area contributed by atoms with Gasteiger partial charge in [-0.1, -0.05) is 67.7 Å². The molecule has 0 aromatic heterocycles. The minimum absolute atomic E-state index is 0.136. The molecule has 0 radical (unpaired) electrons. The average Bonchev–Trinajstić information content (AvgIpc) is 2.76. The summed E-state index contributed by atoms with van der Waals surface area (Å²) in [6, 6.07) is 0. The van der Waals surface area contributed by atoms with Crippen LogP contribution < -0.4 is 5.32 Å². The van der Waals surface area contributed by atoms with Crippen molar-refractivity contribution in [3.05, 3.63) is 60.8 Å². The molecule has 0 aliphatic rings. The Balaban J connectivity index is 3.60. The lowest BCUT2D eigenvalue weighted by atomic mass is 10.2. The molecule has 1 atom stereocenters. The highest BCUT2D eigenvalue weighted by atomic mass is 16.7. The maximum atomic E-state index is 11.6. The summed E-state index contributed by atoms with van der Waals surface area (Å²) in [5.41, 5.74) is 0. The summed E-state index contributed by atoms with van der Waals surface area (Å²) in [6.07, 6.45) is 27.1. The second-order valence-electron chi connectivity index (χ2n) is 7.17. The van der Waals surface area contributed by atoms with E-state index in [-0.39, 0.29) is 12.8 Å². The lowest BCUT2D eigenvalue weighted by Gasteiger charge is -2.09. The number of allylic oxidation sites excluding steroid dienone is 10. The third-order valence-electron chi connectivity index (χ3n) is 4.19. The molecule has 6 nitrogen and oxygen atoms in total. The Morgan fingerprint density at radius 3 is 1.84 bits per heavy atom. The zero-order chi connectivity index (χ0) is 23.7. The Labute approximate surface area is 193 Å². The third kappa shape index (κ3) is 22.2. The molecule has 6 heteroatoms. The molecule has 2 N–H and O–H groups in total. The minimum atomic E-state index is -0.813. The van der Waals surface area contributed by atoms with Crippen LogP contribution in [0.2, 0.25) is 0 Å². The second kappa shape index (κ2) is 23.2. The highest BCUT2D eigenvalue weighted by Gasteiger charge is 2.11. The van der Waals surface area contributed by atoms with Crippen molar-refractivity contribution in [2.24, 2.45) is 0 Å². The fraction of sp³-hybridized carbons (Fsp3) is 0.538. The van der Waals surface area contributed by atoms with Crippen LogP contribution in [-0.2, 0) is 19.1 Å². The number of likely N-dealkylation sites (N-methyl/N-ethyl adjacent to an activating group) is 1. The largest absolute Gasteiger partial charge is 0.428 e. The highest BCUT2D eigenvalue weighted by molar-refractivity contribution is 5.71. The molecule has 0 saturated heterocycles. The van der Waals surface area contributed by atoms with Crippen molar-refractivity contribution >= 4 is 11.9 Å². The van der Waals surface area contributed by atoms with Gasteiger partial charge in [-0.3, -0.25) is 9.59 Å². The van der Waals surface area contributed by atoms with Gasteiger partial charge in [-0.05, 0) is 52.0 Å². The normalized spacial score (nSPS) is 13.2. The Morgan fingerprint density at radius 2 is 1.31 bits per heavy atom. The Hall–Kier alpha value is -2.44.